The van der Waals surface area contributed by atoms with Crippen molar-refractivity contribution in [1.82, 2.24) is 5.32 Å². The van der Waals surface area contributed by atoms with Crippen LogP contribution in [0.15, 0.2) is 18.2 Å². The summed E-state index contributed by atoms with van der Waals surface area (Å²) < 4.78 is 16.0. The van der Waals surface area contributed by atoms with Crippen LogP contribution in [0.5, 0.6) is 11.5 Å². The minimum atomic E-state index is 0.277. The first-order chi connectivity index (χ1) is 10.1. The molecule has 0 heterocycles. The lowest BCUT2D eigenvalue weighted by Crippen LogP contribution is -2.25. The van der Waals surface area contributed by atoms with Crippen LogP contribution in [0.4, 0.5) is 0 Å². The highest BCUT2D eigenvalue weighted by atomic mass is 16.5. The van der Waals surface area contributed by atoms with Gasteiger partial charge in [-0.3, -0.25) is 0 Å². The van der Waals surface area contributed by atoms with Gasteiger partial charge in [0, 0.05) is 25.8 Å². The molecule has 0 bridgehead atoms. The van der Waals surface area contributed by atoms with E-state index in [1.54, 1.807) is 21.3 Å². The fourth-order valence-corrected chi connectivity index (χ4v) is 2.44. The number of benzene rings is 1. The van der Waals surface area contributed by atoms with E-state index < -0.39 is 0 Å². The van der Waals surface area contributed by atoms with Gasteiger partial charge >= 0.3 is 0 Å². The van der Waals surface area contributed by atoms with Gasteiger partial charge in [0.2, 0.25) is 0 Å². The Bertz CT molecular complexity index is 387. The monoisotopic (exact) mass is 295 g/mol. The molecule has 0 spiro atoms. The minimum absolute atomic E-state index is 0.277. The summed E-state index contributed by atoms with van der Waals surface area (Å²) in [5.41, 5.74) is 1.20. The molecule has 2 unspecified atom stereocenters. The lowest BCUT2D eigenvalue weighted by Gasteiger charge is -2.23. The van der Waals surface area contributed by atoms with Crippen molar-refractivity contribution in [2.75, 3.05) is 34.5 Å². The Balaban J connectivity index is 2.94. The largest absolute Gasteiger partial charge is 0.497 e. The fourth-order valence-electron chi connectivity index (χ4n) is 2.44. The summed E-state index contributed by atoms with van der Waals surface area (Å²) in [7, 11) is 5.11. The molecule has 1 aromatic rings. The van der Waals surface area contributed by atoms with Crippen LogP contribution in [0.3, 0.4) is 0 Å². The van der Waals surface area contributed by atoms with Crippen LogP contribution in [0.2, 0.25) is 0 Å². The molecule has 4 nitrogen and oxygen atoms in total. The minimum Gasteiger partial charge on any atom is -0.497 e. The highest BCUT2D eigenvalue weighted by molar-refractivity contribution is 5.39. The van der Waals surface area contributed by atoms with Gasteiger partial charge in [-0.05, 0) is 43.0 Å². The first-order valence-electron chi connectivity index (χ1n) is 7.59. The highest BCUT2D eigenvalue weighted by Crippen LogP contribution is 2.29. The molecular weight excluding hydrogens is 266 g/mol. The number of hydrogen-bond donors (Lipinski definition) is 1. The predicted molar refractivity (Wildman–Crippen MR) is 86.2 cm³/mol. The Morgan fingerprint density at radius 3 is 2.14 bits per heavy atom. The van der Waals surface area contributed by atoms with Gasteiger partial charge in [-0.2, -0.15) is 0 Å². The van der Waals surface area contributed by atoms with Crippen LogP contribution in [0.25, 0.3) is 0 Å². The zero-order chi connectivity index (χ0) is 15.7. The Morgan fingerprint density at radius 1 is 1.05 bits per heavy atom. The van der Waals surface area contributed by atoms with Crippen LogP contribution in [0, 0.1) is 5.92 Å². The van der Waals surface area contributed by atoms with Gasteiger partial charge in [0.15, 0.2) is 0 Å². The predicted octanol–water partition coefficient (Wildman–Crippen LogP) is 3.42. The maximum atomic E-state index is 5.37. The van der Waals surface area contributed by atoms with E-state index in [1.165, 1.54) is 5.56 Å². The molecule has 0 amide bonds. The van der Waals surface area contributed by atoms with E-state index in [4.69, 9.17) is 14.2 Å². The zero-order valence-electron chi connectivity index (χ0n) is 13.9. The summed E-state index contributed by atoms with van der Waals surface area (Å²) in [6.07, 6.45) is 2.13. The average Bonchev–Trinajstić information content (AvgIpc) is 2.51. The Labute approximate surface area is 128 Å². The maximum Gasteiger partial charge on any atom is 0.122 e. The van der Waals surface area contributed by atoms with Gasteiger partial charge in [0.1, 0.15) is 11.5 Å². The molecule has 1 N–H and O–H groups in total. The highest BCUT2D eigenvalue weighted by Gasteiger charge is 2.16. The van der Waals surface area contributed by atoms with E-state index in [9.17, 15) is 0 Å². The summed E-state index contributed by atoms with van der Waals surface area (Å²) in [6.45, 7) is 6.14. The van der Waals surface area contributed by atoms with Gasteiger partial charge in [-0.25, -0.2) is 0 Å². The topological polar surface area (TPSA) is 39.7 Å². The van der Waals surface area contributed by atoms with Crippen LogP contribution in [-0.2, 0) is 4.74 Å². The molecule has 0 saturated carbocycles. The summed E-state index contributed by atoms with van der Waals surface area (Å²) in [5, 5.41) is 3.61. The van der Waals surface area contributed by atoms with Crippen molar-refractivity contribution < 1.29 is 14.2 Å². The molecule has 1 aromatic carbocycles. The lowest BCUT2D eigenvalue weighted by atomic mass is 9.95. The Hall–Kier alpha value is -1.26. The van der Waals surface area contributed by atoms with Crippen molar-refractivity contribution in [3.63, 3.8) is 0 Å². The second-order valence-electron chi connectivity index (χ2n) is 5.45. The van der Waals surface area contributed by atoms with Crippen molar-refractivity contribution >= 4 is 0 Å². The first kappa shape index (κ1) is 17.8. The van der Waals surface area contributed by atoms with Gasteiger partial charge < -0.3 is 19.5 Å². The van der Waals surface area contributed by atoms with E-state index in [1.807, 2.05) is 6.07 Å². The third-order valence-corrected chi connectivity index (χ3v) is 3.51. The maximum absolute atomic E-state index is 5.37. The molecule has 0 aliphatic heterocycles. The van der Waals surface area contributed by atoms with E-state index in [0.29, 0.717) is 5.92 Å². The quantitative estimate of drug-likeness (QED) is 0.718. The number of nitrogens with one attached hydrogen (secondary N) is 1. The summed E-state index contributed by atoms with van der Waals surface area (Å²) in [5.74, 6) is 2.14. The third kappa shape index (κ3) is 5.94. The van der Waals surface area contributed by atoms with E-state index >= 15 is 0 Å². The molecule has 4 heteroatoms. The number of ether oxygens (including phenoxy) is 3. The lowest BCUT2D eigenvalue weighted by molar-refractivity contribution is 0.149. The van der Waals surface area contributed by atoms with Crippen molar-refractivity contribution in [3.05, 3.63) is 23.8 Å². The number of methoxy groups -OCH3 is 3. The SMILES string of the molecule is CCCNC(CC(C)COC)c1cc(OC)cc(OC)c1. The normalized spacial score (nSPS) is 13.8. The van der Waals surface area contributed by atoms with Gasteiger partial charge in [0.25, 0.3) is 0 Å². The molecule has 0 fully saturated rings. The van der Waals surface area contributed by atoms with Crippen molar-refractivity contribution in [3.8, 4) is 11.5 Å². The van der Waals surface area contributed by atoms with E-state index in [2.05, 4.69) is 31.3 Å². The van der Waals surface area contributed by atoms with Crippen LogP contribution in [-0.4, -0.2) is 34.5 Å². The molecule has 1 rings (SSSR count). The molecule has 2 atom stereocenters. The van der Waals surface area contributed by atoms with E-state index in [-0.39, 0.29) is 6.04 Å². The van der Waals surface area contributed by atoms with Crippen molar-refractivity contribution in [2.45, 2.75) is 32.7 Å². The van der Waals surface area contributed by atoms with Crippen LogP contribution < -0.4 is 14.8 Å². The molecule has 21 heavy (non-hydrogen) atoms. The van der Waals surface area contributed by atoms with Gasteiger partial charge in [0.05, 0.1) is 14.2 Å². The molecule has 0 aromatic heterocycles. The second kappa shape index (κ2) is 9.64. The smallest absolute Gasteiger partial charge is 0.122 e. The molecule has 120 valence electrons. The molecular formula is C17H29NO3. The molecule has 0 saturated heterocycles. The van der Waals surface area contributed by atoms with Crippen LogP contribution in [0.1, 0.15) is 38.3 Å². The first-order valence-corrected chi connectivity index (χ1v) is 7.59. The summed E-state index contributed by atoms with van der Waals surface area (Å²) in [4.78, 5) is 0. The van der Waals surface area contributed by atoms with Crippen LogP contribution >= 0.6 is 0 Å². The zero-order valence-corrected chi connectivity index (χ0v) is 13.9. The standard InChI is InChI=1S/C17H29NO3/c1-6-7-18-17(8-13(2)12-19-3)14-9-15(20-4)11-16(10-14)21-5/h9-11,13,17-18H,6-8,12H2,1-5H3. The molecule has 0 aliphatic rings. The van der Waals surface area contributed by atoms with E-state index in [0.717, 1.165) is 37.5 Å². The third-order valence-electron chi connectivity index (χ3n) is 3.51. The van der Waals surface area contributed by atoms with Gasteiger partial charge in [-0.1, -0.05) is 13.8 Å². The number of rotatable bonds is 10. The molecule has 0 radical (unpaired) electrons. The second-order valence-corrected chi connectivity index (χ2v) is 5.45. The molecule has 0 aliphatic carbocycles. The van der Waals surface area contributed by atoms with Crippen molar-refractivity contribution in [2.24, 2.45) is 5.92 Å². The average molecular weight is 295 g/mol. The summed E-state index contributed by atoms with van der Waals surface area (Å²) in [6, 6.07) is 6.34. The fraction of sp³-hybridized carbons (Fsp3) is 0.647. The summed E-state index contributed by atoms with van der Waals surface area (Å²) >= 11 is 0. The Kier molecular flexibility index (Phi) is 8.16. The van der Waals surface area contributed by atoms with Gasteiger partial charge in [-0.15, -0.1) is 0 Å². The Morgan fingerprint density at radius 2 is 1.67 bits per heavy atom. The van der Waals surface area contributed by atoms with Crippen molar-refractivity contribution in [1.29, 1.82) is 0 Å². The number of hydrogen-bond acceptors (Lipinski definition) is 4.